The van der Waals surface area contributed by atoms with E-state index in [-0.39, 0.29) is 11.4 Å². The van der Waals surface area contributed by atoms with Crippen LogP contribution in [0.2, 0.25) is 0 Å². The first-order chi connectivity index (χ1) is 10.2. The van der Waals surface area contributed by atoms with Gasteiger partial charge in [-0.2, -0.15) is 0 Å². The van der Waals surface area contributed by atoms with Crippen LogP contribution in [0, 0.1) is 0 Å². The lowest BCUT2D eigenvalue weighted by atomic mass is 9.79. The lowest BCUT2D eigenvalue weighted by molar-refractivity contribution is -0.123. The highest BCUT2D eigenvalue weighted by molar-refractivity contribution is 5.77. The molecule has 1 amide bonds. The molecule has 0 aliphatic heterocycles. The number of carbonyl (C=O) groups excluding carboxylic acids is 1. The number of hydrogen-bond donors (Lipinski definition) is 2. The Kier molecular flexibility index (Phi) is 5.62. The van der Waals surface area contributed by atoms with E-state index in [0.29, 0.717) is 13.0 Å². The molecule has 4 nitrogen and oxygen atoms in total. The summed E-state index contributed by atoms with van der Waals surface area (Å²) in [6, 6.07) is 7.80. The average molecular weight is 290 g/mol. The molecule has 0 atom stereocenters. The fourth-order valence-corrected chi connectivity index (χ4v) is 3.10. The van der Waals surface area contributed by atoms with Crippen LogP contribution in [0.15, 0.2) is 24.3 Å². The van der Waals surface area contributed by atoms with Crippen LogP contribution in [0.4, 0.5) is 0 Å². The summed E-state index contributed by atoms with van der Waals surface area (Å²) in [5.41, 5.74) is 1.06. The predicted octanol–water partition coefficient (Wildman–Crippen LogP) is 2.62. The van der Waals surface area contributed by atoms with Gasteiger partial charge in [0.05, 0.1) is 7.11 Å². The quantitative estimate of drug-likeness (QED) is 0.847. The van der Waals surface area contributed by atoms with Crippen LogP contribution >= 0.6 is 0 Å². The van der Waals surface area contributed by atoms with E-state index in [1.165, 1.54) is 19.3 Å². The van der Waals surface area contributed by atoms with Crippen LogP contribution in [-0.4, -0.2) is 25.6 Å². The van der Waals surface area contributed by atoms with E-state index >= 15 is 0 Å². The van der Waals surface area contributed by atoms with Crippen LogP contribution in [0.3, 0.4) is 0 Å². The van der Waals surface area contributed by atoms with Crippen molar-refractivity contribution in [2.45, 2.75) is 50.6 Å². The molecule has 0 saturated heterocycles. The summed E-state index contributed by atoms with van der Waals surface area (Å²) in [6.07, 6.45) is 6.46. The van der Waals surface area contributed by atoms with Gasteiger partial charge < -0.3 is 15.4 Å². The van der Waals surface area contributed by atoms with Crippen molar-refractivity contribution in [3.63, 3.8) is 0 Å². The van der Waals surface area contributed by atoms with Crippen molar-refractivity contribution in [3.05, 3.63) is 29.8 Å². The minimum atomic E-state index is -0.00326. The van der Waals surface area contributed by atoms with E-state index < -0.39 is 0 Å². The number of rotatable bonds is 6. The first kappa shape index (κ1) is 15.8. The second-order valence-corrected chi connectivity index (χ2v) is 5.90. The lowest BCUT2D eigenvalue weighted by Gasteiger charge is -2.36. The first-order valence-corrected chi connectivity index (χ1v) is 7.76. The van der Waals surface area contributed by atoms with Crippen molar-refractivity contribution < 1.29 is 9.53 Å². The van der Waals surface area contributed by atoms with E-state index in [1.807, 2.05) is 31.3 Å². The van der Waals surface area contributed by atoms with Gasteiger partial charge in [-0.15, -0.1) is 0 Å². The Morgan fingerprint density at radius 2 is 2.05 bits per heavy atom. The van der Waals surface area contributed by atoms with Crippen molar-refractivity contribution in [1.82, 2.24) is 10.6 Å². The third-order valence-corrected chi connectivity index (χ3v) is 4.46. The fourth-order valence-electron chi connectivity index (χ4n) is 3.10. The van der Waals surface area contributed by atoms with E-state index in [4.69, 9.17) is 4.74 Å². The summed E-state index contributed by atoms with van der Waals surface area (Å²) >= 11 is 0. The van der Waals surface area contributed by atoms with Crippen LogP contribution in [0.25, 0.3) is 0 Å². The molecule has 1 aliphatic rings. The zero-order valence-electron chi connectivity index (χ0n) is 13.1. The number of benzene rings is 1. The van der Waals surface area contributed by atoms with Crippen molar-refractivity contribution in [1.29, 1.82) is 0 Å². The van der Waals surface area contributed by atoms with E-state index in [0.717, 1.165) is 24.2 Å². The number of hydrogen-bond acceptors (Lipinski definition) is 3. The van der Waals surface area contributed by atoms with Gasteiger partial charge in [0, 0.05) is 18.5 Å². The molecule has 116 valence electrons. The third kappa shape index (κ3) is 4.46. The van der Waals surface area contributed by atoms with E-state index in [9.17, 15) is 4.79 Å². The summed E-state index contributed by atoms with van der Waals surface area (Å²) in [5, 5.41) is 6.41. The third-order valence-electron chi connectivity index (χ3n) is 4.46. The number of amides is 1. The Hall–Kier alpha value is -1.55. The molecule has 1 fully saturated rings. The highest BCUT2D eigenvalue weighted by Gasteiger charge is 2.32. The van der Waals surface area contributed by atoms with Crippen LogP contribution in [0.1, 0.15) is 44.1 Å². The molecule has 1 aromatic carbocycles. The molecule has 1 saturated carbocycles. The Labute approximate surface area is 127 Å². The van der Waals surface area contributed by atoms with Crippen molar-refractivity contribution in [2.24, 2.45) is 0 Å². The average Bonchev–Trinajstić information content (AvgIpc) is 2.54. The van der Waals surface area contributed by atoms with Crippen LogP contribution < -0.4 is 15.4 Å². The van der Waals surface area contributed by atoms with E-state index in [2.05, 4.69) is 10.6 Å². The number of carbonyl (C=O) groups is 1. The Bertz CT molecular complexity index is 468. The molecule has 0 heterocycles. The zero-order chi connectivity index (χ0) is 15.1. The molecular formula is C17H26N2O2. The molecule has 2 N–H and O–H groups in total. The van der Waals surface area contributed by atoms with Gasteiger partial charge in [-0.1, -0.05) is 31.4 Å². The lowest BCUT2D eigenvalue weighted by Crippen LogP contribution is -2.48. The molecule has 0 bridgehead atoms. The normalized spacial score (nSPS) is 17.2. The highest BCUT2D eigenvalue weighted by atomic mass is 16.5. The molecule has 21 heavy (non-hydrogen) atoms. The fraction of sp³-hybridized carbons (Fsp3) is 0.588. The molecule has 2 rings (SSSR count). The topological polar surface area (TPSA) is 50.4 Å². The Morgan fingerprint density at radius 1 is 1.29 bits per heavy atom. The summed E-state index contributed by atoms with van der Waals surface area (Å²) in [5.74, 6) is 0.940. The molecule has 1 aliphatic carbocycles. The van der Waals surface area contributed by atoms with Gasteiger partial charge in [0.25, 0.3) is 0 Å². The van der Waals surface area contributed by atoms with Gasteiger partial charge in [-0.05, 0) is 37.6 Å². The van der Waals surface area contributed by atoms with Crippen molar-refractivity contribution in [2.75, 3.05) is 14.2 Å². The van der Waals surface area contributed by atoms with Crippen molar-refractivity contribution in [3.8, 4) is 5.75 Å². The monoisotopic (exact) mass is 290 g/mol. The predicted molar refractivity (Wildman–Crippen MR) is 84.3 cm³/mol. The molecule has 0 spiro atoms. The van der Waals surface area contributed by atoms with Gasteiger partial charge >= 0.3 is 0 Å². The summed E-state index contributed by atoms with van der Waals surface area (Å²) in [4.78, 5) is 12.2. The van der Waals surface area contributed by atoms with Crippen LogP contribution in [-0.2, 0) is 11.3 Å². The summed E-state index contributed by atoms with van der Waals surface area (Å²) in [7, 11) is 3.62. The molecule has 0 unspecified atom stereocenters. The molecule has 0 radical (unpaired) electrons. The summed E-state index contributed by atoms with van der Waals surface area (Å²) < 4.78 is 5.19. The Balaban J connectivity index is 1.86. The second kappa shape index (κ2) is 7.46. The number of nitrogens with one attached hydrogen (secondary N) is 2. The maximum Gasteiger partial charge on any atom is 0.222 e. The smallest absolute Gasteiger partial charge is 0.222 e. The van der Waals surface area contributed by atoms with Gasteiger partial charge in [0.15, 0.2) is 0 Å². The number of methoxy groups -OCH3 is 1. The zero-order valence-corrected chi connectivity index (χ0v) is 13.1. The minimum absolute atomic E-state index is 0.00326. The van der Waals surface area contributed by atoms with Gasteiger partial charge in [-0.3, -0.25) is 4.79 Å². The van der Waals surface area contributed by atoms with Gasteiger partial charge in [0.1, 0.15) is 5.75 Å². The van der Waals surface area contributed by atoms with E-state index in [1.54, 1.807) is 7.11 Å². The minimum Gasteiger partial charge on any atom is -0.497 e. The molecule has 0 aromatic heterocycles. The number of ether oxygens (including phenoxy) is 1. The molecular weight excluding hydrogens is 264 g/mol. The largest absolute Gasteiger partial charge is 0.497 e. The second-order valence-electron chi connectivity index (χ2n) is 5.90. The molecule has 4 heteroatoms. The Morgan fingerprint density at radius 3 is 2.71 bits per heavy atom. The van der Waals surface area contributed by atoms with Gasteiger partial charge in [0.2, 0.25) is 5.91 Å². The molecule has 1 aromatic rings. The standard InChI is InChI=1S/C17H26N2O2/c1-18-17(9-4-3-5-10-17)12-16(20)19-13-14-7-6-8-15(11-14)21-2/h6-8,11,18H,3-5,9-10,12-13H2,1-2H3,(H,19,20). The van der Waals surface area contributed by atoms with Crippen LogP contribution in [0.5, 0.6) is 5.75 Å². The van der Waals surface area contributed by atoms with Crippen molar-refractivity contribution >= 4 is 5.91 Å². The first-order valence-electron chi connectivity index (χ1n) is 7.76. The summed E-state index contributed by atoms with van der Waals surface area (Å²) in [6.45, 7) is 0.551. The maximum atomic E-state index is 12.2. The maximum absolute atomic E-state index is 12.2. The SMILES string of the molecule is CNC1(CC(=O)NCc2cccc(OC)c2)CCCCC1. The van der Waals surface area contributed by atoms with Gasteiger partial charge in [-0.25, -0.2) is 0 Å². The highest BCUT2D eigenvalue weighted by Crippen LogP contribution is 2.30.